The molecule has 0 aliphatic heterocycles. The maximum atomic E-state index is 12.5. The predicted octanol–water partition coefficient (Wildman–Crippen LogP) is 0.936. The van der Waals surface area contributed by atoms with Crippen LogP contribution in [0.25, 0.3) is 0 Å². The second kappa shape index (κ2) is 10.4. The number of methoxy groups -OCH3 is 2. The number of hydrogen-bond donors (Lipinski definition) is 2. The Hall–Kier alpha value is -2.97. The lowest BCUT2D eigenvalue weighted by Gasteiger charge is -2.20. The summed E-state index contributed by atoms with van der Waals surface area (Å²) in [5, 5.41) is 5.11. The topological polar surface area (TPSA) is 124 Å². The van der Waals surface area contributed by atoms with E-state index in [1.54, 1.807) is 27.7 Å². The molecule has 9 nitrogen and oxygen atoms in total. The molecule has 0 unspecified atom stereocenters. The van der Waals surface area contributed by atoms with Crippen molar-refractivity contribution in [3.05, 3.63) is 29.6 Å². The van der Waals surface area contributed by atoms with E-state index in [0.29, 0.717) is 0 Å². The molecule has 28 heavy (non-hydrogen) atoms. The van der Waals surface area contributed by atoms with Crippen molar-refractivity contribution in [2.24, 2.45) is 11.8 Å². The summed E-state index contributed by atoms with van der Waals surface area (Å²) in [4.78, 5) is 52.6. The van der Waals surface area contributed by atoms with Crippen LogP contribution in [-0.2, 0) is 19.1 Å². The Kier molecular flexibility index (Phi) is 8.56. The van der Waals surface area contributed by atoms with Gasteiger partial charge in [0.25, 0.3) is 11.8 Å². The van der Waals surface area contributed by atoms with E-state index in [2.05, 4.69) is 25.1 Å². The molecule has 9 heteroatoms. The molecule has 154 valence electrons. The van der Waals surface area contributed by atoms with Crippen molar-refractivity contribution in [1.82, 2.24) is 15.6 Å². The minimum atomic E-state index is -0.846. The Morgan fingerprint density at radius 3 is 1.43 bits per heavy atom. The van der Waals surface area contributed by atoms with E-state index in [-0.39, 0.29) is 23.2 Å². The van der Waals surface area contributed by atoms with Gasteiger partial charge in [-0.3, -0.25) is 9.59 Å². The van der Waals surface area contributed by atoms with Crippen LogP contribution in [0, 0.1) is 11.8 Å². The van der Waals surface area contributed by atoms with Gasteiger partial charge in [0, 0.05) is 0 Å². The van der Waals surface area contributed by atoms with Crippen LogP contribution in [-0.4, -0.2) is 55.0 Å². The highest BCUT2D eigenvalue weighted by Gasteiger charge is 2.28. The van der Waals surface area contributed by atoms with E-state index in [1.165, 1.54) is 32.4 Å². The maximum absolute atomic E-state index is 12.5. The van der Waals surface area contributed by atoms with Gasteiger partial charge in [0.2, 0.25) is 0 Å². The van der Waals surface area contributed by atoms with Crippen molar-refractivity contribution in [2.75, 3.05) is 14.2 Å². The van der Waals surface area contributed by atoms with Gasteiger partial charge in [-0.1, -0.05) is 33.8 Å². The van der Waals surface area contributed by atoms with E-state index in [4.69, 9.17) is 0 Å². The molecular weight excluding hydrogens is 366 g/mol. The molecule has 0 bridgehead atoms. The highest BCUT2D eigenvalue weighted by molar-refractivity contribution is 5.98. The van der Waals surface area contributed by atoms with E-state index < -0.39 is 35.8 Å². The van der Waals surface area contributed by atoms with Crippen LogP contribution in [0.5, 0.6) is 0 Å². The van der Waals surface area contributed by atoms with E-state index in [1.807, 2.05) is 0 Å². The number of carbonyl (C=O) groups is 4. The third-order valence-corrected chi connectivity index (χ3v) is 4.03. The van der Waals surface area contributed by atoms with Crippen molar-refractivity contribution in [2.45, 2.75) is 39.8 Å². The van der Waals surface area contributed by atoms with Gasteiger partial charge in [0.15, 0.2) is 0 Å². The van der Waals surface area contributed by atoms with Crippen LogP contribution in [0.15, 0.2) is 18.2 Å². The van der Waals surface area contributed by atoms with Crippen LogP contribution < -0.4 is 10.6 Å². The lowest BCUT2D eigenvalue weighted by atomic mass is 10.0. The molecular formula is C19H27N3O6. The van der Waals surface area contributed by atoms with Crippen molar-refractivity contribution in [3.8, 4) is 0 Å². The third-order valence-electron chi connectivity index (χ3n) is 4.03. The van der Waals surface area contributed by atoms with Gasteiger partial charge < -0.3 is 20.1 Å². The van der Waals surface area contributed by atoms with Crippen LogP contribution in [0.1, 0.15) is 48.7 Å². The molecule has 2 atom stereocenters. The summed E-state index contributed by atoms with van der Waals surface area (Å²) in [6, 6.07) is 2.63. The summed E-state index contributed by atoms with van der Waals surface area (Å²) < 4.78 is 9.38. The number of aromatic nitrogens is 1. The summed E-state index contributed by atoms with van der Waals surface area (Å²) in [7, 11) is 2.47. The molecule has 0 saturated heterocycles. The first-order chi connectivity index (χ1) is 13.1. The summed E-state index contributed by atoms with van der Waals surface area (Å²) in [6.07, 6.45) is 0. The Morgan fingerprint density at radius 2 is 1.14 bits per heavy atom. The molecule has 0 fully saturated rings. The molecule has 0 aromatic carbocycles. The fourth-order valence-corrected chi connectivity index (χ4v) is 2.37. The highest BCUT2D eigenvalue weighted by Crippen LogP contribution is 2.08. The lowest BCUT2D eigenvalue weighted by molar-refractivity contribution is -0.144. The number of nitrogens with zero attached hydrogens (tertiary/aromatic N) is 1. The first kappa shape index (κ1) is 23.1. The zero-order valence-electron chi connectivity index (χ0n) is 16.9. The Labute approximate surface area is 164 Å². The van der Waals surface area contributed by atoms with Gasteiger partial charge in [-0.05, 0) is 24.0 Å². The van der Waals surface area contributed by atoms with Crippen LogP contribution >= 0.6 is 0 Å². The van der Waals surface area contributed by atoms with Gasteiger partial charge in [0.05, 0.1) is 14.2 Å². The van der Waals surface area contributed by atoms with Gasteiger partial charge >= 0.3 is 11.9 Å². The molecule has 2 amide bonds. The van der Waals surface area contributed by atoms with Gasteiger partial charge in [-0.25, -0.2) is 14.6 Å². The number of ether oxygens (including phenoxy) is 2. The maximum Gasteiger partial charge on any atom is 0.328 e. The summed E-state index contributed by atoms with van der Waals surface area (Å²) >= 11 is 0. The minimum absolute atomic E-state index is 0.0404. The molecule has 1 heterocycles. The molecule has 0 aliphatic rings. The number of carbonyl (C=O) groups excluding carboxylic acids is 4. The molecule has 1 aromatic heterocycles. The highest BCUT2D eigenvalue weighted by atomic mass is 16.5. The molecule has 0 radical (unpaired) electrons. The van der Waals surface area contributed by atoms with Crippen LogP contribution in [0.4, 0.5) is 0 Å². The zero-order chi connectivity index (χ0) is 21.4. The van der Waals surface area contributed by atoms with Crippen LogP contribution in [0.2, 0.25) is 0 Å². The van der Waals surface area contributed by atoms with Crippen molar-refractivity contribution >= 4 is 23.8 Å². The number of hydrogen-bond acceptors (Lipinski definition) is 7. The number of pyridine rings is 1. The molecule has 2 N–H and O–H groups in total. The zero-order valence-corrected chi connectivity index (χ0v) is 16.9. The monoisotopic (exact) mass is 393 g/mol. The van der Waals surface area contributed by atoms with Crippen LogP contribution in [0.3, 0.4) is 0 Å². The smallest absolute Gasteiger partial charge is 0.328 e. The average Bonchev–Trinajstić information content (AvgIpc) is 2.68. The summed E-state index contributed by atoms with van der Waals surface area (Å²) in [6.45, 7) is 7.05. The largest absolute Gasteiger partial charge is 0.467 e. The standard InChI is InChI=1S/C19H27N3O6/c1-10(2)14(18(25)27-5)21-16(23)12-8-7-9-13(20-12)17(24)22-15(11(3)4)19(26)28-6/h7-11,14-15H,1-6H3,(H,21,23)(H,22,24)/t14-,15-/m0/s1. The van der Waals surface area contributed by atoms with E-state index >= 15 is 0 Å². The lowest BCUT2D eigenvalue weighted by Crippen LogP contribution is -2.46. The fraction of sp³-hybridized carbons (Fsp3) is 0.526. The Morgan fingerprint density at radius 1 is 0.786 bits per heavy atom. The first-order valence-corrected chi connectivity index (χ1v) is 8.86. The molecule has 0 saturated carbocycles. The molecule has 0 aliphatic carbocycles. The number of rotatable bonds is 8. The average molecular weight is 393 g/mol. The Bertz CT molecular complexity index is 675. The first-order valence-electron chi connectivity index (χ1n) is 8.86. The summed E-state index contributed by atoms with van der Waals surface area (Å²) in [5.74, 6) is -2.78. The Balaban J connectivity index is 2.98. The van der Waals surface area contributed by atoms with Crippen molar-refractivity contribution in [1.29, 1.82) is 0 Å². The van der Waals surface area contributed by atoms with Gasteiger partial charge in [-0.15, -0.1) is 0 Å². The second-order valence-electron chi connectivity index (χ2n) is 6.84. The second-order valence-corrected chi connectivity index (χ2v) is 6.84. The quantitative estimate of drug-likeness (QED) is 0.630. The number of nitrogens with one attached hydrogen (secondary N) is 2. The third kappa shape index (κ3) is 6.04. The van der Waals surface area contributed by atoms with Crippen molar-refractivity contribution in [3.63, 3.8) is 0 Å². The molecule has 0 spiro atoms. The number of esters is 2. The molecule has 1 rings (SSSR count). The summed E-state index contributed by atoms with van der Waals surface area (Å²) in [5.41, 5.74) is -0.0808. The fourth-order valence-electron chi connectivity index (χ4n) is 2.37. The SMILES string of the molecule is COC(=O)[C@@H](NC(=O)c1cccc(C(=O)N[C@H](C(=O)OC)C(C)C)n1)C(C)C. The number of amides is 2. The van der Waals surface area contributed by atoms with Gasteiger partial charge in [0.1, 0.15) is 23.5 Å². The van der Waals surface area contributed by atoms with Crippen molar-refractivity contribution < 1.29 is 28.7 Å². The van der Waals surface area contributed by atoms with Gasteiger partial charge in [-0.2, -0.15) is 0 Å². The van der Waals surface area contributed by atoms with E-state index in [0.717, 1.165) is 0 Å². The molecule has 1 aromatic rings. The van der Waals surface area contributed by atoms with E-state index in [9.17, 15) is 19.2 Å². The minimum Gasteiger partial charge on any atom is -0.467 e. The predicted molar refractivity (Wildman–Crippen MR) is 100 cm³/mol. The normalized spacial score (nSPS) is 12.9.